The summed E-state index contributed by atoms with van der Waals surface area (Å²) < 4.78 is 0.780. The predicted octanol–water partition coefficient (Wildman–Crippen LogP) is 3.13. The summed E-state index contributed by atoms with van der Waals surface area (Å²) >= 11 is 9.13. The Labute approximate surface area is 101 Å². The molecule has 0 saturated heterocycles. The third kappa shape index (κ3) is 3.37. The Hall–Kier alpha value is -0.780. The molecule has 6 heteroatoms. The van der Waals surface area contributed by atoms with Gasteiger partial charge in [0.2, 0.25) is 0 Å². The minimum Gasteiger partial charge on any atom is -0.306 e. The Morgan fingerprint density at radius 1 is 1.60 bits per heavy atom. The first-order valence-electron chi connectivity index (χ1n) is 4.08. The Bertz CT molecular complexity index is 373. The van der Waals surface area contributed by atoms with E-state index in [9.17, 15) is 4.79 Å². The van der Waals surface area contributed by atoms with Gasteiger partial charge in [0.15, 0.2) is 0 Å². The fourth-order valence-corrected chi connectivity index (χ4v) is 1.29. The van der Waals surface area contributed by atoms with E-state index >= 15 is 0 Å². The number of carbonyl (C=O) groups excluding carboxylic acids is 1. The molecule has 1 N–H and O–H groups in total. The van der Waals surface area contributed by atoms with Gasteiger partial charge in [-0.1, -0.05) is 11.6 Å². The number of carbonyl (C=O) groups is 1. The van der Waals surface area contributed by atoms with Crippen molar-refractivity contribution in [2.45, 2.75) is 0 Å². The molecule has 0 unspecified atom stereocenters. The quantitative estimate of drug-likeness (QED) is 0.851. The molecule has 0 heterocycles. The van der Waals surface area contributed by atoms with Crippen LogP contribution < -0.4 is 5.32 Å². The lowest BCUT2D eigenvalue weighted by Crippen LogP contribution is -2.30. The van der Waals surface area contributed by atoms with Crippen molar-refractivity contribution in [2.24, 2.45) is 0 Å². The highest BCUT2D eigenvalue weighted by Gasteiger charge is 2.08. The van der Waals surface area contributed by atoms with Crippen LogP contribution in [0, 0.1) is 0 Å². The van der Waals surface area contributed by atoms with Crippen molar-refractivity contribution >= 4 is 39.2 Å². The van der Waals surface area contributed by atoms with E-state index in [-0.39, 0.29) is 6.03 Å². The summed E-state index contributed by atoms with van der Waals surface area (Å²) in [7, 11) is 2.92. The molecule has 1 aromatic carbocycles. The Morgan fingerprint density at radius 2 is 2.27 bits per heavy atom. The molecule has 0 aliphatic heterocycles. The fourth-order valence-electron chi connectivity index (χ4n) is 0.859. The van der Waals surface area contributed by atoms with Crippen LogP contribution in [0.4, 0.5) is 10.5 Å². The molecular weight excluding hydrogens is 283 g/mol. The maximum absolute atomic E-state index is 11.4. The SMILES string of the molecule is CON(C)C(=O)Nc1ccc(Br)c(Cl)c1. The predicted molar refractivity (Wildman–Crippen MR) is 62.9 cm³/mol. The Morgan fingerprint density at radius 3 is 2.80 bits per heavy atom. The number of benzene rings is 1. The maximum Gasteiger partial charge on any atom is 0.345 e. The molecule has 2 amide bonds. The molecule has 0 bridgehead atoms. The van der Waals surface area contributed by atoms with Crippen molar-refractivity contribution in [3.8, 4) is 0 Å². The minimum atomic E-state index is -0.365. The van der Waals surface area contributed by atoms with Crippen molar-refractivity contribution in [3.05, 3.63) is 27.7 Å². The Kier molecular flexibility index (Phi) is 4.38. The highest BCUT2D eigenvalue weighted by molar-refractivity contribution is 9.10. The highest BCUT2D eigenvalue weighted by Crippen LogP contribution is 2.25. The summed E-state index contributed by atoms with van der Waals surface area (Å²) in [6.45, 7) is 0. The minimum absolute atomic E-state index is 0.365. The fraction of sp³-hybridized carbons (Fsp3) is 0.222. The second-order valence-electron chi connectivity index (χ2n) is 2.74. The van der Waals surface area contributed by atoms with Crippen LogP contribution in [0.2, 0.25) is 5.02 Å². The number of urea groups is 1. The maximum atomic E-state index is 11.4. The Balaban J connectivity index is 2.73. The highest BCUT2D eigenvalue weighted by atomic mass is 79.9. The van der Waals surface area contributed by atoms with E-state index < -0.39 is 0 Å². The van der Waals surface area contributed by atoms with E-state index in [2.05, 4.69) is 21.2 Å². The van der Waals surface area contributed by atoms with Crippen molar-refractivity contribution < 1.29 is 9.63 Å². The molecule has 0 saturated carbocycles. The van der Waals surface area contributed by atoms with Crippen LogP contribution in [0.1, 0.15) is 0 Å². The summed E-state index contributed by atoms with van der Waals surface area (Å²) in [6.07, 6.45) is 0. The number of rotatable bonds is 2. The molecule has 82 valence electrons. The topological polar surface area (TPSA) is 41.6 Å². The van der Waals surface area contributed by atoms with Gasteiger partial charge in [-0.25, -0.2) is 9.86 Å². The molecular formula is C9H10BrClN2O2. The van der Waals surface area contributed by atoms with Gasteiger partial charge in [0, 0.05) is 17.2 Å². The van der Waals surface area contributed by atoms with E-state index in [4.69, 9.17) is 16.4 Å². The number of nitrogens with one attached hydrogen (secondary N) is 1. The average Bonchev–Trinajstić information content (AvgIpc) is 2.22. The van der Waals surface area contributed by atoms with E-state index in [0.29, 0.717) is 10.7 Å². The molecule has 0 aliphatic carbocycles. The molecule has 0 fully saturated rings. The summed E-state index contributed by atoms with van der Waals surface area (Å²) in [5.74, 6) is 0. The smallest absolute Gasteiger partial charge is 0.306 e. The molecule has 4 nitrogen and oxygen atoms in total. The van der Waals surface area contributed by atoms with Crippen LogP contribution in [0.25, 0.3) is 0 Å². The monoisotopic (exact) mass is 292 g/mol. The molecule has 0 spiro atoms. The van der Waals surface area contributed by atoms with Gasteiger partial charge in [-0.2, -0.15) is 0 Å². The molecule has 0 radical (unpaired) electrons. The van der Waals surface area contributed by atoms with Crippen LogP contribution in [0.3, 0.4) is 0 Å². The molecule has 0 aliphatic rings. The van der Waals surface area contributed by atoms with Gasteiger partial charge in [-0.15, -0.1) is 0 Å². The van der Waals surface area contributed by atoms with E-state index in [1.165, 1.54) is 14.2 Å². The summed E-state index contributed by atoms with van der Waals surface area (Å²) in [4.78, 5) is 16.1. The lowest BCUT2D eigenvalue weighted by molar-refractivity contribution is -0.0598. The third-order valence-corrected chi connectivity index (χ3v) is 2.96. The van der Waals surface area contributed by atoms with Gasteiger partial charge < -0.3 is 5.32 Å². The zero-order chi connectivity index (χ0) is 11.4. The van der Waals surface area contributed by atoms with Crippen LogP contribution in [-0.4, -0.2) is 25.3 Å². The van der Waals surface area contributed by atoms with Gasteiger partial charge in [-0.3, -0.25) is 4.84 Å². The van der Waals surface area contributed by atoms with Gasteiger partial charge >= 0.3 is 6.03 Å². The first-order valence-corrected chi connectivity index (χ1v) is 5.25. The number of amides is 2. The molecule has 1 rings (SSSR count). The summed E-state index contributed by atoms with van der Waals surface area (Å²) in [6, 6.07) is 4.77. The van der Waals surface area contributed by atoms with Gasteiger partial charge in [0.05, 0.1) is 12.1 Å². The van der Waals surface area contributed by atoms with Crippen LogP contribution in [0.5, 0.6) is 0 Å². The standard InChI is InChI=1S/C9H10BrClN2O2/c1-13(15-2)9(14)12-6-3-4-7(10)8(11)5-6/h3-5H,1-2H3,(H,12,14). The number of hydroxylamine groups is 2. The molecule has 1 aromatic rings. The summed E-state index contributed by atoms with van der Waals surface area (Å²) in [5.41, 5.74) is 0.608. The zero-order valence-corrected chi connectivity index (χ0v) is 10.6. The number of nitrogens with zero attached hydrogens (tertiary/aromatic N) is 1. The lowest BCUT2D eigenvalue weighted by Gasteiger charge is -2.14. The molecule has 0 aromatic heterocycles. The van der Waals surface area contributed by atoms with Crippen molar-refractivity contribution in [3.63, 3.8) is 0 Å². The van der Waals surface area contributed by atoms with Crippen molar-refractivity contribution in [1.29, 1.82) is 0 Å². The van der Waals surface area contributed by atoms with Crippen molar-refractivity contribution in [1.82, 2.24) is 5.06 Å². The summed E-state index contributed by atoms with van der Waals surface area (Å²) in [5, 5.41) is 4.23. The zero-order valence-electron chi connectivity index (χ0n) is 8.25. The normalized spacial score (nSPS) is 9.87. The molecule has 0 atom stereocenters. The van der Waals surface area contributed by atoms with Gasteiger partial charge in [0.25, 0.3) is 0 Å². The van der Waals surface area contributed by atoms with Crippen molar-refractivity contribution in [2.75, 3.05) is 19.5 Å². The lowest BCUT2D eigenvalue weighted by atomic mass is 10.3. The van der Waals surface area contributed by atoms with E-state index in [0.717, 1.165) is 9.54 Å². The average molecular weight is 294 g/mol. The second-order valence-corrected chi connectivity index (χ2v) is 4.00. The van der Waals surface area contributed by atoms with Crippen LogP contribution >= 0.6 is 27.5 Å². The van der Waals surface area contributed by atoms with Crippen LogP contribution in [-0.2, 0) is 4.84 Å². The largest absolute Gasteiger partial charge is 0.345 e. The van der Waals surface area contributed by atoms with E-state index in [1.54, 1.807) is 18.2 Å². The van der Waals surface area contributed by atoms with Gasteiger partial charge in [0.1, 0.15) is 0 Å². The number of anilines is 1. The first-order chi connectivity index (χ1) is 7.04. The molecule has 15 heavy (non-hydrogen) atoms. The third-order valence-electron chi connectivity index (χ3n) is 1.73. The van der Waals surface area contributed by atoms with Gasteiger partial charge in [-0.05, 0) is 34.1 Å². The van der Waals surface area contributed by atoms with E-state index in [1.807, 2.05) is 0 Å². The van der Waals surface area contributed by atoms with Crippen LogP contribution in [0.15, 0.2) is 22.7 Å². The first kappa shape index (κ1) is 12.3. The second kappa shape index (κ2) is 5.34. The number of halogens is 2. The number of hydrogen-bond acceptors (Lipinski definition) is 2. The number of hydrogen-bond donors (Lipinski definition) is 1.